The Morgan fingerprint density at radius 3 is 2.43 bits per heavy atom. The number of benzene rings is 2. The number of carbonyl (C=O) groups excluding carboxylic acids is 1. The minimum Gasteiger partial charge on any atom is -0.496 e. The quantitative estimate of drug-likeness (QED) is 0.557. The fourth-order valence-electron chi connectivity index (χ4n) is 3.29. The third-order valence-electron chi connectivity index (χ3n) is 4.55. The van der Waals surface area contributed by atoms with Crippen molar-refractivity contribution in [2.75, 3.05) is 13.7 Å². The van der Waals surface area contributed by atoms with Crippen LogP contribution in [0.2, 0.25) is 0 Å². The normalized spacial score (nSPS) is 10.4. The monoisotopic (exact) mass is 386 g/mol. The fraction of sp³-hybridized carbons (Fsp3) is 0.300. The molecule has 0 atom stereocenters. The Labute approximate surface area is 162 Å². The van der Waals surface area contributed by atoms with Crippen LogP contribution >= 0.6 is 0 Å². The number of methoxy groups -OCH3 is 1. The minimum atomic E-state index is -1.05. The average molecular weight is 386 g/mol. The molecule has 2 aromatic rings. The Morgan fingerprint density at radius 2 is 1.86 bits per heavy atom. The summed E-state index contributed by atoms with van der Waals surface area (Å²) >= 11 is 0. The summed E-state index contributed by atoms with van der Waals surface area (Å²) in [6.07, 6.45) is 0.418. The smallest absolute Gasteiger partial charge is 0.335 e. The summed E-state index contributed by atoms with van der Waals surface area (Å²) < 4.78 is 5.22. The largest absolute Gasteiger partial charge is 0.496 e. The molecular weight excluding hydrogens is 364 g/mol. The minimum absolute atomic E-state index is 0.0540. The summed E-state index contributed by atoms with van der Waals surface area (Å²) in [6, 6.07) is 6.17. The number of hydrogen-bond donors (Lipinski definition) is 2. The molecule has 0 aliphatic heterocycles. The van der Waals surface area contributed by atoms with Crippen LogP contribution in [0, 0.1) is 30.9 Å². The van der Waals surface area contributed by atoms with Crippen molar-refractivity contribution in [1.82, 2.24) is 5.32 Å². The van der Waals surface area contributed by atoms with E-state index in [1.54, 1.807) is 32.9 Å². The van der Waals surface area contributed by atoms with Crippen LogP contribution in [0.3, 0.4) is 0 Å². The first-order chi connectivity index (χ1) is 13.2. The molecule has 28 heavy (non-hydrogen) atoms. The Kier molecular flexibility index (Phi) is 6.35. The number of amides is 1. The number of aromatic carboxylic acids is 1. The van der Waals surface area contributed by atoms with E-state index in [2.05, 4.69) is 5.32 Å². The first-order valence-corrected chi connectivity index (χ1v) is 8.61. The maximum atomic E-state index is 12.6. The van der Waals surface area contributed by atoms with Crippen LogP contribution in [-0.4, -0.2) is 35.6 Å². The van der Waals surface area contributed by atoms with Crippen LogP contribution in [0.15, 0.2) is 24.3 Å². The molecule has 0 unspecified atom stereocenters. The van der Waals surface area contributed by atoms with Crippen molar-refractivity contribution >= 4 is 17.6 Å². The number of nitro groups is 1. The zero-order valence-electron chi connectivity index (χ0n) is 16.2. The van der Waals surface area contributed by atoms with E-state index in [4.69, 9.17) is 9.84 Å². The number of carboxylic acids is 1. The molecule has 2 rings (SSSR count). The van der Waals surface area contributed by atoms with Gasteiger partial charge < -0.3 is 15.2 Å². The van der Waals surface area contributed by atoms with Gasteiger partial charge in [-0.05, 0) is 56.5 Å². The first-order valence-electron chi connectivity index (χ1n) is 8.61. The molecule has 8 heteroatoms. The van der Waals surface area contributed by atoms with E-state index in [1.807, 2.05) is 0 Å². The van der Waals surface area contributed by atoms with Gasteiger partial charge in [-0.25, -0.2) is 4.79 Å². The molecule has 2 N–H and O–H groups in total. The van der Waals surface area contributed by atoms with Crippen molar-refractivity contribution in [2.45, 2.75) is 27.2 Å². The lowest BCUT2D eigenvalue weighted by Crippen LogP contribution is -2.27. The van der Waals surface area contributed by atoms with Crippen LogP contribution in [0.1, 0.15) is 43.0 Å². The van der Waals surface area contributed by atoms with Crippen molar-refractivity contribution in [3.63, 3.8) is 0 Å². The number of carboxylic acid groups (broad SMARTS) is 1. The second kappa shape index (κ2) is 8.51. The standard InChI is InChI=1S/C20H22N2O6/c1-11-9-12(2)18(22(26)27)13(3)17(11)19(23)21-8-7-14-5-6-15(20(24)25)10-16(14)28-4/h5-6,9-10H,7-8H2,1-4H3,(H,21,23)(H,24,25). The van der Waals surface area contributed by atoms with E-state index in [1.165, 1.54) is 19.2 Å². The molecule has 2 aromatic carbocycles. The number of hydrogen-bond acceptors (Lipinski definition) is 5. The number of nitro benzene ring substituents is 1. The number of aryl methyl sites for hydroxylation is 2. The van der Waals surface area contributed by atoms with Crippen molar-refractivity contribution in [1.29, 1.82) is 0 Å². The van der Waals surface area contributed by atoms with E-state index in [-0.39, 0.29) is 23.7 Å². The molecule has 148 valence electrons. The molecule has 0 bridgehead atoms. The van der Waals surface area contributed by atoms with Gasteiger partial charge in [0.15, 0.2) is 0 Å². The molecule has 1 amide bonds. The zero-order chi connectivity index (χ0) is 21.0. The van der Waals surface area contributed by atoms with E-state index in [9.17, 15) is 19.7 Å². The molecule has 0 radical (unpaired) electrons. The van der Waals surface area contributed by atoms with Crippen LogP contribution in [0.4, 0.5) is 5.69 Å². The molecule has 0 heterocycles. The number of carbonyl (C=O) groups is 2. The van der Waals surface area contributed by atoms with E-state index >= 15 is 0 Å². The fourth-order valence-corrected chi connectivity index (χ4v) is 3.29. The summed E-state index contributed by atoms with van der Waals surface area (Å²) in [5, 5.41) is 23.1. The topological polar surface area (TPSA) is 119 Å². The lowest BCUT2D eigenvalue weighted by molar-refractivity contribution is -0.386. The van der Waals surface area contributed by atoms with Gasteiger partial charge in [-0.1, -0.05) is 6.07 Å². The maximum absolute atomic E-state index is 12.6. The molecule has 0 aromatic heterocycles. The predicted molar refractivity (Wildman–Crippen MR) is 103 cm³/mol. The van der Waals surface area contributed by atoms with Crippen LogP contribution in [0.25, 0.3) is 0 Å². The summed E-state index contributed by atoms with van der Waals surface area (Å²) in [5.41, 5.74) is 2.62. The van der Waals surface area contributed by atoms with Crippen molar-refractivity contribution in [3.8, 4) is 5.75 Å². The lowest BCUT2D eigenvalue weighted by Gasteiger charge is -2.13. The van der Waals surface area contributed by atoms with Gasteiger partial charge >= 0.3 is 5.97 Å². The van der Waals surface area contributed by atoms with Gasteiger partial charge in [0.25, 0.3) is 11.6 Å². The summed E-state index contributed by atoms with van der Waals surface area (Å²) in [4.78, 5) is 34.5. The lowest BCUT2D eigenvalue weighted by atomic mass is 9.96. The SMILES string of the molecule is COc1cc(C(=O)O)ccc1CCNC(=O)c1c(C)cc(C)c([N+](=O)[O-])c1C. The van der Waals surface area contributed by atoms with Gasteiger partial charge in [-0.3, -0.25) is 14.9 Å². The molecule has 0 saturated carbocycles. The second-order valence-corrected chi connectivity index (χ2v) is 6.45. The number of rotatable bonds is 7. The van der Waals surface area contributed by atoms with E-state index in [0.717, 1.165) is 5.56 Å². The Bertz CT molecular complexity index is 952. The highest BCUT2D eigenvalue weighted by Crippen LogP contribution is 2.28. The van der Waals surface area contributed by atoms with Gasteiger partial charge in [0.1, 0.15) is 5.75 Å². The van der Waals surface area contributed by atoms with Crippen LogP contribution < -0.4 is 10.1 Å². The molecule has 0 aliphatic rings. The Hall–Kier alpha value is -3.42. The van der Waals surface area contributed by atoms with E-state index in [0.29, 0.717) is 34.4 Å². The van der Waals surface area contributed by atoms with Crippen molar-refractivity contribution in [2.24, 2.45) is 0 Å². The van der Waals surface area contributed by atoms with Gasteiger partial charge in [0, 0.05) is 17.7 Å². The number of nitrogens with zero attached hydrogens (tertiary/aromatic N) is 1. The van der Waals surface area contributed by atoms with Crippen molar-refractivity contribution < 1.29 is 24.4 Å². The predicted octanol–water partition coefficient (Wildman–Crippen LogP) is 3.20. The number of ether oxygens (including phenoxy) is 1. The summed E-state index contributed by atoms with van der Waals surface area (Å²) in [5.74, 6) is -1.02. The van der Waals surface area contributed by atoms with Gasteiger partial charge in [0.05, 0.1) is 23.2 Å². The maximum Gasteiger partial charge on any atom is 0.335 e. The number of nitrogens with one attached hydrogen (secondary N) is 1. The van der Waals surface area contributed by atoms with E-state index < -0.39 is 10.9 Å². The van der Waals surface area contributed by atoms with Gasteiger partial charge in [-0.15, -0.1) is 0 Å². The highest BCUT2D eigenvalue weighted by Gasteiger charge is 2.23. The van der Waals surface area contributed by atoms with Gasteiger partial charge in [0.2, 0.25) is 0 Å². The van der Waals surface area contributed by atoms with Crippen molar-refractivity contribution in [3.05, 3.63) is 67.8 Å². The Balaban J connectivity index is 2.17. The summed E-state index contributed by atoms with van der Waals surface area (Å²) in [7, 11) is 1.45. The third-order valence-corrected chi connectivity index (χ3v) is 4.55. The zero-order valence-corrected chi connectivity index (χ0v) is 16.2. The molecule has 0 aliphatic carbocycles. The first kappa shape index (κ1) is 20.9. The Morgan fingerprint density at radius 1 is 1.18 bits per heavy atom. The highest BCUT2D eigenvalue weighted by atomic mass is 16.6. The molecule has 0 saturated heterocycles. The second-order valence-electron chi connectivity index (χ2n) is 6.45. The van der Waals surface area contributed by atoms with Gasteiger partial charge in [-0.2, -0.15) is 0 Å². The third kappa shape index (κ3) is 4.28. The average Bonchev–Trinajstić information content (AvgIpc) is 2.60. The van der Waals surface area contributed by atoms with Crippen LogP contribution in [-0.2, 0) is 6.42 Å². The molecular formula is C20H22N2O6. The summed E-state index contributed by atoms with van der Waals surface area (Å²) in [6.45, 7) is 5.22. The molecule has 0 spiro atoms. The highest BCUT2D eigenvalue weighted by molar-refractivity contribution is 5.98. The molecule has 0 fully saturated rings. The van der Waals surface area contributed by atoms with Crippen LogP contribution in [0.5, 0.6) is 5.75 Å². The molecule has 8 nitrogen and oxygen atoms in total.